The van der Waals surface area contributed by atoms with E-state index in [1.54, 1.807) is 25.3 Å². The first-order valence-corrected chi connectivity index (χ1v) is 4.81. The Morgan fingerprint density at radius 1 is 1.44 bits per heavy atom. The highest BCUT2D eigenvalue weighted by atomic mass is 16.5. The second-order valence-corrected chi connectivity index (χ2v) is 3.41. The van der Waals surface area contributed by atoms with Gasteiger partial charge in [0.05, 0.1) is 19.6 Å². The summed E-state index contributed by atoms with van der Waals surface area (Å²) in [5.41, 5.74) is 1.01. The number of ether oxygens (including phenoxy) is 1. The maximum absolute atomic E-state index is 11.5. The first-order valence-electron chi connectivity index (χ1n) is 4.81. The second-order valence-electron chi connectivity index (χ2n) is 3.41. The maximum Gasteiger partial charge on any atom is 0.252 e. The molecule has 1 N–H and O–H groups in total. The average molecular weight is 214 g/mol. The molecule has 0 bridgehead atoms. The van der Waals surface area contributed by atoms with Crippen molar-refractivity contribution < 1.29 is 4.74 Å². The first kappa shape index (κ1) is 10.2. The van der Waals surface area contributed by atoms with Crippen LogP contribution in [0.1, 0.15) is 5.56 Å². The molecule has 0 atom stereocenters. The number of pyridine rings is 1. The minimum atomic E-state index is -0.209. The molecule has 0 radical (unpaired) electrons. The average Bonchev–Trinajstić information content (AvgIpc) is 2.30. The molecule has 80 valence electrons. The number of aromatic amines is 1. The highest BCUT2D eigenvalue weighted by Crippen LogP contribution is 2.18. The summed E-state index contributed by atoms with van der Waals surface area (Å²) in [5.74, 6) is 0.724. The summed E-state index contributed by atoms with van der Waals surface area (Å²) >= 11 is 0. The number of aromatic nitrogens is 1. The molecule has 0 fully saturated rings. The van der Waals surface area contributed by atoms with E-state index in [0.717, 1.165) is 16.7 Å². The normalized spacial score (nSPS) is 10.0. The Morgan fingerprint density at radius 3 is 2.94 bits per heavy atom. The molecule has 4 heteroatoms. The first-order chi connectivity index (χ1) is 7.74. The lowest BCUT2D eigenvalue weighted by Gasteiger charge is -2.03. The lowest BCUT2D eigenvalue weighted by Crippen LogP contribution is -2.11. The second kappa shape index (κ2) is 4.07. The third-order valence-electron chi connectivity index (χ3n) is 2.40. The molecule has 0 aliphatic rings. The molecule has 2 rings (SSSR count). The zero-order valence-electron chi connectivity index (χ0n) is 8.78. The molecule has 4 nitrogen and oxygen atoms in total. The van der Waals surface area contributed by atoms with Gasteiger partial charge in [0, 0.05) is 16.5 Å². The fourth-order valence-corrected chi connectivity index (χ4v) is 1.57. The Morgan fingerprint density at radius 2 is 2.25 bits per heavy atom. The van der Waals surface area contributed by atoms with Crippen molar-refractivity contribution >= 4 is 10.9 Å². The molecule has 2 aromatic rings. The van der Waals surface area contributed by atoms with Crippen LogP contribution in [0, 0.1) is 11.3 Å². The highest BCUT2D eigenvalue weighted by molar-refractivity contribution is 5.80. The van der Waals surface area contributed by atoms with Crippen molar-refractivity contribution in [3.05, 3.63) is 40.2 Å². The number of nitriles is 1. The standard InChI is InChI=1S/C12H10N2O2/c1-16-10-2-3-11-9(7-10)6-8(4-5-13)12(15)14-11/h2-3,6-7H,4H2,1H3,(H,14,15). The smallest absolute Gasteiger partial charge is 0.252 e. The zero-order chi connectivity index (χ0) is 11.5. The molecule has 0 saturated heterocycles. The minimum absolute atomic E-state index is 0.114. The predicted octanol–water partition coefficient (Wildman–Crippen LogP) is 1.60. The van der Waals surface area contributed by atoms with Gasteiger partial charge in [-0.1, -0.05) is 0 Å². The predicted molar refractivity (Wildman–Crippen MR) is 60.4 cm³/mol. The number of H-pyrrole nitrogens is 1. The molecule has 0 amide bonds. The van der Waals surface area contributed by atoms with Crippen LogP contribution in [-0.2, 0) is 6.42 Å². The SMILES string of the molecule is COc1ccc2[nH]c(=O)c(CC#N)cc2c1. The number of methoxy groups -OCH3 is 1. The lowest BCUT2D eigenvalue weighted by molar-refractivity contribution is 0.415. The number of hydrogen-bond acceptors (Lipinski definition) is 3. The van der Waals surface area contributed by atoms with Crippen LogP contribution in [0.25, 0.3) is 10.9 Å². The summed E-state index contributed by atoms with van der Waals surface area (Å²) < 4.78 is 5.10. The summed E-state index contributed by atoms with van der Waals surface area (Å²) in [6.07, 6.45) is 0.114. The van der Waals surface area contributed by atoms with E-state index in [9.17, 15) is 4.79 Å². The molecule has 16 heavy (non-hydrogen) atoms. The van der Waals surface area contributed by atoms with Crippen molar-refractivity contribution in [3.8, 4) is 11.8 Å². The molecular formula is C12H10N2O2. The van der Waals surface area contributed by atoms with Crippen LogP contribution >= 0.6 is 0 Å². The van der Waals surface area contributed by atoms with Gasteiger partial charge >= 0.3 is 0 Å². The monoisotopic (exact) mass is 214 g/mol. The summed E-state index contributed by atoms with van der Waals surface area (Å²) in [6.45, 7) is 0. The van der Waals surface area contributed by atoms with Gasteiger partial charge in [-0.05, 0) is 24.3 Å². The Bertz CT molecular complexity index is 623. The molecule has 1 aromatic carbocycles. The van der Waals surface area contributed by atoms with E-state index in [4.69, 9.17) is 10.00 Å². The maximum atomic E-state index is 11.5. The zero-order valence-corrected chi connectivity index (χ0v) is 8.78. The molecule has 0 aliphatic heterocycles. The van der Waals surface area contributed by atoms with Crippen molar-refractivity contribution in [1.29, 1.82) is 5.26 Å². The van der Waals surface area contributed by atoms with Gasteiger partial charge < -0.3 is 9.72 Å². The lowest BCUT2D eigenvalue weighted by atomic mass is 10.1. The molecule has 1 heterocycles. The summed E-state index contributed by atoms with van der Waals surface area (Å²) in [5, 5.41) is 9.45. The van der Waals surface area contributed by atoms with Crippen LogP contribution in [0.4, 0.5) is 0 Å². The van der Waals surface area contributed by atoms with E-state index < -0.39 is 0 Å². The molecular weight excluding hydrogens is 204 g/mol. The third-order valence-corrected chi connectivity index (χ3v) is 2.40. The van der Waals surface area contributed by atoms with E-state index in [2.05, 4.69) is 4.98 Å². The van der Waals surface area contributed by atoms with E-state index in [-0.39, 0.29) is 12.0 Å². The largest absolute Gasteiger partial charge is 0.497 e. The Hall–Kier alpha value is -2.28. The number of rotatable bonds is 2. The fraction of sp³-hybridized carbons (Fsp3) is 0.167. The van der Waals surface area contributed by atoms with Gasteiger partial charge in [-0.25, -0.2) is 0 Å². The van der Waals surface area contributed by atoms with Crippen molar-refractivity contribution in [1.82, 2.24) is 4.98 Å². The van der Waals surface area contributed by atoms with Crippen molar-refractivity contribution in [3.63, 3.8) is 0 Å². The number of benzene rings is 1. The number of nitrogens with one attached hydrogen (secondary N) is 1. The van der Waals surface area contributed by atoms with Gasteiger partial charge in [0.2, 0.25) is 0 Å². The van der Waals surface area contributed by atoms with Crippen molar-refractivity contribution in [2.45, 2.75) is 6.42 Å². The van der Waals surface area contributed by atoms with Crippen LogP contribution in [-0.4, -0.2) is 12.1 Å². The van der Waals surface area contributed by atoms with Gasteiger partial charge in [-0.3, -0.25) is 4.79 Å². The van der Waals surface area contributed by atoms with Gasteiger partial charge in [-0.2, -0.15) is 5.26 Å². The molecule has 0 spiro atoms. The Balaban J connectivity index is 2.66. The topological polar surface area (TPSA) is 65.9 Å². The van der Waals surface area contributed by atoms with Gasteiger partial charge in [-0.15, -0.1) is 0 Å². The van der Waals surface area contributed by atoms with Crippen LogP contribution in [0.3, 0.4) is 0 Å². The van der Waals surface area contributed by atoms with Crippen molar-refractivity contribution in [2.75, 3.05) is 7.11 Å². The number of fused-ring (bicyclic) bond motifs is 1. The van der Waals surface area contributed by atoms with Crippen LogP contribution in [0.5, 0.6) is 5.75 Å². The van der Waals surface area contributed by atoms with Crippen LogP contribution in [0.2, 0.25) is 0 Å². The third kappa shape index (κ3) is 1.75. The molecule has 0 aliphatic carbocycles. The van der Waals surface area contributed by atoms with Crippen LogP contribution in [0.15, 0.2) is 29.1 Å². The molecule has 0 unspecified atom stereocenters. The van der Waals surface area contributed by atoms with Gasteiger partial charge in [0.15, 0.2) is 0 Å². The minimum Gasteiger partial charge on any atom is -0.497 e. The van der Waals surface area contributed by atoms with E-state index in [1.807, 2.05) is 12.1 Å². The van der Waals surface area contributed by atoms with E-state index in [1.165, 1.54) is 0 Å². The highest BCUT2D eigenvalue weighted by Gasteiger charge is 2.03. The fourth-order valence-electron chi connectivity index (χ4n) is 1.57. The van der Waals surface area contributed by atoms with Gasteiger partial charge in [0.25, 0.3) is 5.56 Å². The van der Waals surface area contributed by atoms with Gasteiger partial charge in [0.1, 0.15) is 5.75 Å². The van der Waals surface area contributed by atoms with Crippen molar-refractivity contribution in [2.24, 2.45) is 0 Å². The quantitative estimate of drug-likeness (QED) is 0.825. The molecule has 1 aromatic heterocycles. The number of nitrogens with zero attached hydrogens (tertiary/aromatic N) is 1. The Labute approximate surface area is 92.1 Å². The summed E-state index contributed by atoms with van der Waals surface area (Å²) in [4.78, 5) is 14.3. The summed E-state index contributed by atoms with van der Waals surface area (Å²) in [6, 6.07) is 9.08. The Kier molecular flexibility index (Phi) is 2.61. The van der Waals surface area contributed by atoms with E-state index in [0.29, 0.717) is 5.56 Å². The summed E-state index contributed by atoms with van der Waals surface area (Å²) in [7, 11) is 1.59. The van der Waals surface area contributed by atoms with E-state index >= 15 is 0 Å². The van der Waals surface area contributed by atoms with Crippen LogP contribution < -0.4 is 10.3 Å². The molecule has 0 saturated carbocycles. The number of hydrogen-bond donors (Lipinski definition) is 1.